The minimum atomic E-state index is -0.0597. The first kappa shape index (κ1) is 19.1. The van der Waals surface area contributed by atoms with Gasteiger partial charge in [-0.15, -0.1) is 11.3 Å². The summed E-state index contributed by atoms with van der Waals surface area (Å²) in [5.41, 5.74) is 5.02. The third kappa shape index (κ3) is 3.98. The van der Waals surface area contributed by atoms with Gasteiger partial charge in [0.05, 0.1) is 21.6 Å². The smallest absolute Gasteiger partial charge is 0.246 e. The molecule has 2 aromatic carbocycles. The number of aromatic nitrogens is 3. The number of rotatable bonds is 5. The van der Waals surface area contributed by atoms with Gasteiger partial charge in [-0.2, -0.15) is 5.10 Å². The quantitative estimate of drug-likeness (QED) is 0.452. The fraction of sp³-hybridized carbons (Fsp3) is 0.174. The first-order valence-corrected chi connectivity index (χ1v) is 10.2. The molecule has 4 aromatic rings. The highest BCUT2D eigenvalue weighted by Gasteiger charge is 2.16. The lowest BCUT2D eigenvalue weighted by Gasteiger charge is -2.15. The second-order valence-corrected chi connectivity index (χ2v) is 8.01. The van der Waals surface area contributed by atoms with E-state index in [-0.39, 0.29) is 5.91 Å². The van der Waals surface area contributed by atoms with E-state index in [4.69, 9.17) is 0 Å². The van der Waals surface area contributed by atoms with Crippen molar-refractivity contribution in [3.8, 4) is 5.69 Å². The number of para-hydroxylation sites is 2. The van der Waals surface area contributed by atoms with E-state index in [0.717, 1.165) is 37.9 Å². The molecule has 0 aliphatic carbocycles. The zero-order valence-corrected chi connectivity index (χ0v) is 17.5. The van der Waals surface area contributed by atoms with Gasteiger partial charge < -0.3 is 4.90 Å². The molecule has 0 saturated heterocycles. The van der Waals surface area contributed by atoms with Crippen LogP contribution in [0.3, 0.4) is 0 Å². The Kier molecular flexibility index (Phi) is 5.27. The lowest BCUT2D eigenvalue weighted by molar-refractivity contribution is -0.125. The van der Waals surface area contributed by atoms with Gasteiger partial charge in [-0.25, -0.2) is 9.67 Å². The van der Waals surface area contributed by atoms with Gasteiger partial charge in [-0.1, -0.05) is 30.3 Å². The minimum absolute atomic E-state index is 0.0597. The highest BCUT2D eigenvalue weighted by atomic mass is 32.1. The summed E-state index contributed by atoms with van der Waals surface area (Å²) in [5.74, 6) is -0.0597. The Bertz CT molecular complexity index is 1160. The van der Waals surface area contributed by atoms with E-state index in [9.17, 15) is 4.79 Å². The first-order chi connectivity index (χ1) is 14.0. The van der Waals surface area contributed by atoms with E-state index >= 15 is 0 Å². The van der Waals surface area contributed by atoms with Crippen LogP contribution < -0.4 is 0 Å². The van der Waals surface area contributed by atoms with Gasteiger partial charge in [-0.3, -0.25) is 4.79 Å². The van der Waals surface area contributed by atoms with E-state index in [0.29, 0.717) is 6.54 Å². The summed E-state index contributed by atoms with van der Waals surface area (Å²) >= 11 is 1.58. The van der Waals surface area contributed by atoms with Gasteiger partial charge >= 0.3 is 0 Å². The van der Waals surface area contributed by atoms with Crippen molar-refractivity contribution in [3.05, 3.63) is 82.6 Å². The zero-order valence-electron chi connectivity index (χ0n) is 16.7. The van der Waals surface area contributed by atoms with Crippen LogP contribution >= 0.6 is 11.3 Å². The lowest BCUT2D eigenvalue weighted by Crippen LogP contribution is -2.24. The molecule has 4 rings (SSSR count). The highest BCUT2D eigenvalue weighted by Crippen LogP contribution is 2.23. The number of hydrogen-bond donors (Lipinski definition) is 0. The number of aryl methyl sites for hydroxylation is 1. The van der Waals surface area contributed by atoms with Gasteiger partial charge in [0, 0.05) is 30.9 Å². The Hall–Kier alpha value is -3.25. The lowest BCUT2D eigenvalue weighted by atomic mass is 10.2. The van der Waals surface area contributed by atoms with Gasteiger partial charge in [-0.05, 0) is 44.2 Å². The number of amides is 1. The predicted molar refractivity (Wildman–Crippen MR) is 118 cm³/mol. The zero-order chi connectivity index (χ0) is 20.4. The van der Waals surface area contributed by atoms with E-state index in [1.807, 2.05) is 80.2 Å². The molecule has 0 bridgehead atoms. The largest absolute Gasteiger partial charge is 0.338 e. The van der Waals surface area contributed by atoms with E-state index < -0.39 is 0 Å². The minimum Gasteiger partial charge on any atom is -0.338 e. The van der Waals surface area contributed by atoms with E-state index in [1.54, 1.807) is 28.4 Å². The fourth-order valence-electron chi connectivity index (χ4n) is 3.27. The number of benzene rings is 2. The van der Waals surface area contributed by atoms with Crippen molar-refractivity contribution in [1.82, 2.24) is 19.7 Å². The summed E-state index contributed by atoms with van der Waals surface area (Å²) in [6.45, 7) is 4.53. The molecule has 0 radical (unpaired) electrons. The van der Waals surface area contributed by atoms with Crippen molar-refractivity contribution in [2.24, 2.45) is 0 Å². The van der Waals surface area contributed by atoms with Crippen molar-refractivity contribution in [3.63, 3.8) is 0 Å². The Morgan fingerprint density at radius 3 is 2.59 bits per heavy atom. The van der Waals surface area contributed by atoms with E-state index in [1.165, 1.54) is 0 Å². The molecule has 0 fully saturated rings. The molecule has 0 spiro atoms. The van der Waals surface area contributed by atoms with Gasteiger partial charge in [0.1, 0.15) is 5.01 Å². The summed E-state index contributed by atoms with van der Waals surface area (Å²) in [6, 6.07) is 18.0. The predicted octanol–water partition coefficient (Wildman–Crippen LogP) is 4.77. The summed E-state index contributed by atoms with van der Waals surface area (Å²) in [4.78, 5) is 18.9. The van der Waals surface area contributed by atoms with Crippen LogP contribution in [0.2, 0.25) is 0 Å². The van der Waals surface area contributed by atoms with Crippen LogP contribution in [0.25, 0.3) is 22.0 Å². The van der Waals surface area contributed by atoms with Crippen LogP contribution in [0.4, 0.5) is 0 Å². The van der Waals surface area contributed by atoms with Crippen molar-refractivity contribution in [1.29, 1.82) is 0 Å². The molecular formula is C23H22N4OS. The Morgan fingerprint density at radius 2 is 1.83 bits per heavy atom. The average Bonchev–Trinajstić information content (AvgIpc) is 3.28. The molecule has 0 aliphatic rings. The number of carbonyl (C=O) groups excluding carboxylic acids is 1. The number of thiazole rings is 1. The SMILES string of the molecule is Cc1nn(-c2ccccc2)c(C)c1CN(C)C(=O)/C=C/c1nc2ccccc2s1. The molecule has 6 heteroatoms. The van der Waals surface area contributed by atoms with Crippen molar-refractivity contribution in [2.75, 3.05) is 7.05 Å². The van der Waals surface area contributed by atoms with Crippen LogP contribution in [-0.4, -0.2) is 32.6 Å². The van der Waals surface area contributed by atoms with Crippen LogP contribution in [0.15, 0.2) is 60.7 Å². The van der Waals surface area contributed by atoms with Crippen molar-refractivity contribution < 1.29 is 4.79 Å². The van der Waals surface area contributed by atoms with Crippen LogP contribution in [0, 0.1) is 13.8 Å². The second-order valence-electron chi connectivity index (χ2n) is 6.94. The molecule has 2 aromatic heterocycles. The maximum Gasteiger partial charge on any atom is 0.246 e. The van der Waals surface area contributed by atoms with Crippen LogP contribution in [-0.2, 0) is 11.3 Å². The molecule has 0 N–H and O–H groups in total. The molecule has 0 aliphatic heterocycles. The fourth-order valence-corrected chi connectivity index (χ4v) is 4.14. The Balaban J connectivity index is 1.49. The molecule has 0 saturated carbocycles. The van der Waals surface area contributed by atoms with E-state index in [2.05, 4.69) is 10.1 Å². The van der Waals surface area contributed by atoms with Gasteiger partial charge in [0.2, 0.25) is 5.91 Å². The third-order valence-corrected chi connectivity index (χ3v) is 5.89. The molecule has 0 atom stereocenters. The van der Waals surface area contributed by atoms with Crippen molar-refractivity contribution >= 4 is 33.5 Å². The summed E-state index contributed by atoms with van der Waals surface area (Å²) < 4.78 is 3.05. The summed E-state index contributed by atoms with van der Waals surface area (Å²) in [7, 11) is 1.81. The standard InChI is InChI=1S/C23H22N4OS/c1-16-19(17(2)27(25-16)18-9-5-4-6-10-18)15-26(3)23(28)14-13-22-24-20-11-7-8-12-21(20)29-22/h4-14H,15H2,1-3H3/b14-13+. The molecule has 29 heavy (non-hydrogen) atoms. The van der Waals surface area contributed by atoms with Crippen molar-refractivity contribution in [2.45, 2.75) is 20.4 Å². The molecule has 2 heterocycles. The maximum absolute atomic E-state index is 12.6. The second kappa shape index (κ2) is 8.01. The first-order valence-electron chi connectivity index (χ1n) is 9.42. The molecular weight excluding hydrogens is 380 g/mol. The maximum atomic E-state index is 12.6. The average molecular weight is 403 g/mol. The molecule has 0 unspecified atom stereocenters. The monoisotopic (exact) mass is 402 g/mol. The third-order valence-electron chi connectivity index (χ3n) is 4.89. The molecule has 1 amide bonds. The Morgan fingerprint density at radius 1 is 1.10 bits per heavy atom. The van der Waals surface area contributed by atoms with Crippen LogP contribution in [0.5, 0.6) is 0 Å². The highest BCUT2D eigenvalue weighted by molar-refractivity contribution is 7.19. The topological polar surface area (TPSA) is 51.0 Å². The number of nitrogens with zero attached hydrogens (tertiary/aromatic N) is 4. The number of fused-ring (bicyclic) bond motifs is 1. The summed E-state index contributed by atoms with van der Waals surface area (Å²) in [5, 5.41) is 5.49. The van der Waals surface area contributed by atoms with Crippen LogP contribution in [0.1, 0.15) is 22.0 Å². The number of carbonyl (C=O) groups is 1. The summed E-state index contributed by atoms with van der Waals surface area (Å²) in [6.07, 6.45) is 3.38. The van der Waals surface area contributed by atoms with Gasteiger partial charge in [0.25, 0.3) is 0 Å². The number of hydrogen-bond acceptors (Lipinski definition) is 4. The van der Waals surface area contributed by atoms with Gasteiger partial charge in [0.15, 0.2) is 0 Å². The molecule has 5 nitrogen and oxygen atoms in total. The Labute approximate surface area is 173 Å². The number of likely N-dealkylation sites (N-methyl/N-ethyl adjacent to an activating group) is 1. The normalized spacial score (nSPS) is 11.4. The molecule has 146 valence electrons.